The molecule has 8 heteroatoms. The normalized spacial score (nSPS) is 10.6. The Morgan fingerprint density at radius 1 is 1.21 bits per heavy atom. The van der Waals surface area contributed by atoms with Crippen molar-refractivity contribution in [2.24, 2.45) is 0 Å². The predicted molar refractivity (Wildman–Crippen MR) is 94.0 cm³/mol. The number of rotatable bonds is 6. The molecule has 0 aliphatic carbocycles. The Kier molecular flexibility index (Phi) is 5.17. The third kappa shape index (κ3) is 3.29. The van der Waals surface area contributed by atoms with Gasteiger partial charge in [-0.3, -0.25) is 9.36 Å². The van der Waals surface area contributed by atoms with E-state index in [1.807, 2.05) is 46.3 Å². The summed E-state index contributed by atoms with van der Waals surface area (Å²) in [6.07, 6.45) is 0. The molecule has 3 aromatic rings. The minimum absolute atomic E-state index is 0.161. The zero-order chi connectivity index (χ0) is 16.9. The van der Waals surface area contributed by atoms with E-state index in [0.717, 1.165) is 10.6 Å². The van der Waals surface area contributed by atoms with Crippen molar-refractivity contribution >= 4 is 29.1 Å². The van der Waals surface area contributed by atoms with Crippen LogP contribution in [0.1, 0.15) is 0 Å². The van der Waals surface area contributed by atoms with Crippen LogP contribution in [-0.2, 0) is 9.53 Å². The van der Waals surface area contributed by atoms with Crippen LogP contribution in [0.3, 0.4) is 0 Å². The first-order valence-electron chi connectivity index (χ1n) is 7.07. The van der Waals surface area contributed by atoms with E-state index in [1.54, 1.807) is 18.4 Å². The molecule has 1 aromatic carbocycles. The monoisotopic (exact) mass is 361 g/mol. The highest BCUT2D eigenvalue weighted by atomic mass is 32.2. The van der Waals surface area contributed by atoms with Gasteiger partial charge in [0.2, 0.25) is 0 Å². The lowest BCUT2D eigenvalue weighted by molar-refractivity contribution is -0.137. The zero-order valence-corrected chi connectivity index (χ0v) is 14.8. The van der Waals surface area contributed by atoms with Gasteiger partial charge < -0.3 is 9.47 Å². The van der Waals surface area contributed by atoms with Crippen LogP contribution >= 0.6 is 23.1 Å². The summed E-state index contributed by atoms with van der Waals surface area (Å²) in [6.45, 7) is 0. The second kappa shape index (κ2) is 7.50. The van der Waals surface area contributed by atoms with Crippen LogP contribution in [0.5, 0.6) is 5.75 Å². The van der Waals surface area contributed by atoms with Gasteiger partial charge in [-0.15, -0.1) is 21.5 Å². The third-order valence-electron chi connectivity index (χ3n) is 3.25. The number of esters is 1. The fourth-order valence-electron chi connectivity index (χ4n) is 2.14. The van der Waals surface area contributed by atoms with Gasteiger partial charge in [0.1, 0.15) is 5.75 Å². The topological polar surface area (TPSA) is 66.2 Å². The van der Waals surface area contributed by atoms with Gasteiger partial charge >= 0.3 is 5.97 Å². The summed E-state index contributed by atoms with van der Waals surface area (Å²) >= 11 is 2.85. The Morgan fingerprint density at radius 3 is 2.75 bits per heavy atom. The Labute approximate surface area is 147 Å². The summed E-state index contributed by atoms with van der Waals surface area (Å²) in [5, 5.41) is 11.1. The van der Waals surface area contributed by atoms with Gasteiger partial charge in [-0.2, -0.15) is 0 Å². The van der Waals surface area contributed by atoms with Crippen LogP contribution in [0.4, 0.5) is 0 Å². The highest BCUT2D eigenvalue weighted by molar-refractivity contribution is 7.99. The molecule has 0 aliphatic rings. The largest absolute Gasteiger partial charge is 0.495 e. The van der Waals surface area contributed by atoms with Gasteiger partial charge in [0.05, 0.1) is 30.5 Å². The van der Waals surface area contributed by atoms with Crippen LogP contribution in [0, 0.1) is 0 Å². The number of hydrogen-bond donors (Lipinski definition) is 0. The fraction of sp³-hybridized carbons (Fsp3) is 0.188. The minimum atomic E-state index is -0.313. The summed E-state index contributed by atoms with van der Waals surface area (Å²) in [6, 6.07) is 11.6. The quantitative estimate of drug-likeness (QED) is 0.496. The molecule has 0 amide bonds. The van der Waals surface area contributed by atoms with Crippen LogP contribution < -0.4 is 4.74 Å². The van der Waals surface area contributed by atoms with Crippen molar-refractivity contribution in [3.63, 3.8) is 0 Å². The second-order valence-corrected chi connectivity index (χ2v) is 6.55. The van der Waals surface area contributed by atoms with Crippen LogP contribution in [0.25, 0.3) is 16.4 Å². The molecule has 0 fully saturated rings. The SMILES string of the molecule is COC(=O)CSc1nnc(-c2cccs2)n1-c1ccccc1OC. The van der Waals surface area contributed by atoms with E-state index in [0.29, 0.717) is 16.7 Å². The number of ether oxygens (including phenoxy) is 2. The van der Waals surface area contributed by atoms with E-state index in [4.69, 9.17) is 9.47 Å². The molecule has 3 rings (SSSR count). The highest BCUT2D eigenvalue weighted by Gasteiger charge is 2.20. The maximum Gasteiger partial charge on any atom is 0.316 e. The molecule has 2 heterocycles. The minimum Gasteiger partial charge on any atom is -0.495 e. The highest BCUT2D eigenvalue weighted by Crippen LogP contribution is 2.33. The van der Waals surface area contributed by atoms with Gasteiger partial charge in [0.25, 0.3) is 0 Å². The molecule has 0 N–H and O–H groups in total. The van der Waals surface area contributed by atoms with Gasteiger partial charge in [-0.1, -0.05) is 30.0 Å². The summed E-state index contributed by atoms with van der Waals surface area (Å²) in [7, 11) is 2.99. The van der Waals surface area contributed by atoms with Crippen LogP contribution in [0.2, 0.25) is 0 Å². The van der Waals surface area contributed by atoms with Crippen LogP contribution in [-0.4, -0.2) is 40.7 Å². The zero-order valence-electron chi connectivity index (χ0n) is 13.1. The average Bonchev–Trinajstić information content (AvgIpc) is 3.28. The molecule has 0 radical (unpaired) electrons. The number of aromatic nitrogens is 3. The Hall–Kier alpha value is -2.32. The summed E-state index contributed by atoms with van der Waals surface area (Å²) in [4.78, 5) is 12.5. The van der Waals surface area contributed by atoms with Crippen molar-refractivity contribution < 1.29 is 14.3 Å². The van der Waals surface area contributed by atoms with E-state index in [1.165, 1.54) is 18.9 Å². The first-order valence-corrected chi connectivity index (χ1v) is 8.93. The molecule has 0 saturated heterocycles. The molecule has 0 spiro atoms. The molecule has 2 aromatic heterocycles. The van der Waals surface area contributed by atoms with Gasteiger partial charge in [-0.25, -0.2) is 0 Å². The molecule has 124 valence electrons. The smallest absolute Gasteiger partial charge is 0.316 e. The Balaban J connectivity index is 2.09. The van der Waals surface area contributed by atoms with E-state index in [-0.39, 0.29) is 11.7 Å². The van der Waals surface area contributed by atoms with Crippen molar-refractivity contribution in [2.75, 3.05) is 20.0 Å². The Bertz CT molecular complexity index is 831. The third-order valence-corrected chi connectivity index (χ3v) is 5.02. The van der Waals surface area contributed by atoms with Gasteiger partial charge in [0, 0.05) is 0 Å². The van der Waals surface area contributed by atoms with E-state index >= 15 is 0 Å². The summed E-state index contributed by atoms with van der Waals surface area (Å²) in [5.74, 6) is 1.26. The number of para-hydroxylation sites is 2. The van der Waals surface area contributed by atoms with Crippen molar-refractivity contribution in [1.82, 2.24) is 14.8 Å². The number of benzene rings is 1. The van der Waals surface area contributed by atoms with Gasteiger partial charge in [0.15, 0.2) is 11.0 Å². The van der Waals surface area contributed by atoms with E-state index in [2.05, 4.69) is 10.2 Å². The van der Waals surface area contributed by atoms with Crippen molar-refractivity contribution in [3.8, 4) is 22.1 Å². The molecule has 0 unspecified atom stereocenters. The molecule has 0 saturated carbocycles. The number of thioether (sulfide) groups is 1. The van der Waals surface area contributed by atoms with E-state index < -0.39 is 0 Å². The number of methoxy groups -OCH3 is 2. The molecular formula is C16H15N3O3S2. The lowest BCUT2D eigenvalue weighted by Gasteiger charge is -2.13. The number of hydrogen-bond acceptors (Lipinski definition) is 7. The van der Waals surface area contributed by atoms with Crippen molar-refractivity contribution in [3.05, 3.63) is 41.8 Å². The maximum absolute atomic E-state index is 11.5. The molecule has 6 nitrogen and oxygen atoms in total. The molecular weight excluding hydrogens is 346 g/mol. The first kappa shape index (κ1) is 16.5. The number of nitrogens with zero attached hydrogens (tertiary/aromatic N) is 3. The predicted octanol–water partition coefficient (Wildman–Crippen LogP) is 3.27. The standard InChI is InChI=1S/C16H15N3O3S2/c1-21-12-7-4-3-6-11(12)19-15(13-8-5-9-23-13)17-18-16(19)24-10-14(20)22-2/h3-9H,10H2,1-2H3. The molecule has 0 bridgehead atoms. The van der Waals surface area contributed by atoms with E-state index in [9.17, 15) is 4.79 Å². The molecule has 0 atom stereocenters. The number of carbonyl (C=O) groups is 1. The number of thiophene rings is 1. The lowest BCUT2D eigenvalue weighted by atomic mass is 10.3. The fourth-order valence-corrected chi connectivity index (χ4v) is 3.62. The Morgan fingerprint density at radius 2 is 2.04 bits per heavy atom. The first-order chi connectivity index (χ1) is 11.7. The average molecular weight is 361 g/mol. The summed E-state index contributed by atoms with van der Waals surface area (Å²) in [5.41, 5.74) is 0.820. The number of carbonyl (C=O) groups excluding carboxylic acids is 1. The molecule has 24 heavy (non-hydrogen) atoms. The van der Waals surface area contributed by atoms with Crippen molar-refractivity contribution in [2.45, 2.75) is 5.16 Å². The molecule has 0 aliphatic heterocycles. The van der Waals surface area contributed by atoms with Crippen LogP contribution in [0.15, 0.2) is 46.9 Å². The van der Waals surface area contributed by atoms with Crippen molar-refractivity contribution in [1.29, 1.82) is 0 Å². The lowest BCUT2D eigenvalue weighted by Crippen LogP contribution is -2.06. The summed E-state index contributed by atoms with van der Waals surface area (Å²) < 4.78 is 12.1. The second-order valence-electron chi connectivity index (χ2n) is 4.66. The van der Waals surface area contributed by atoms with Gasteiger partial charge in [-0.05, 0) is 23.6 Å². The maximum atomic E-state index is 11.5.